The summed E-state index contributed by atoms with van der Waals surface area (Å²) >= 11 is 0. The van der Waals surface area contributed by atoms with Crippen LogP contribution in [0.1, 0.15) is 12.0 Å². The Labute approximate surface area is 100 Å². The van der Waals surface area contributed by atoms with E-state index in [2.05, 4.69) is 10.3 Å². The number of morpholine rings is 1. The number of nitrogens with two attached hydrogens (primary N) is 1. The molecule has 2 heterocycles. The van der Waals surface area contributed by atoms with E-state index in [1.807, 2.05) is 0 Å². The van der Waals surface area contributed by atoms with Crippen LogP contribution in [-0.4, -0.2) is 36.6 Å². The molecule has 92 valence electrons. The molecule has 5 heteroatoms. The highest BCUT2D eigenvalue weighted by Crippen LogP contribution is 2.12. The van der Waals surface area contributed by atoms with Gasteiger partial charge in [0.15, 0.2) is 0 Å². The largest absolute Gasteiger partial charge is 0.398 e. The fourth-order valence-corrected chi connectivity index (χ4v) is 1.87. The second-order valence-corrected chi connectivity index (χ2v) is 4.19. The molecule has 0 spiro atoms. The molecule has 1 atom stereocenters. The van der Waals surface area contributed by atoms with E-state index in [0.29, 0.717) is 25.1 Å². The number of nitrogens with one attached hydrogen (secondary N) is 1. The maximum absolute atomic E-state index is 11.8. The molecule has 1 aliphatic heterocycles. The van der Waals surface area contributed by atoms with Crippen LogP contribution in [0.5, 0.6) is 0 Å². The van der Waals surface area contributed by atoms with Gasteiger partial charge in [0.05, 0.1) is 12.7 Å². The van der Waals surface area contributed by atoms with Crippen LogP contribution in [0.25, 0.3) is 0 Å². The molecule has 2 rings (SSSR count). The van der Waals surface area contributed by atoms with Gasteiger partial charge in [-0.15, -0.1) is 0 Å². The average Bonchev–Trinajstić information content (AvgIpc) is 2.33. The Morgan fingerprint density at radius 2 is 2.53 bits per heavy atom. The molecule has 0 saturated carbocycles. The molecule has 0 amide bonds. The van der Waals surface area contributed by atoms with Crippen LogP contribution in [0.3, 0.4) is 0 Å². The van der Waals surface area contributed by atoms with Gasteiger partial charge in [-0.05, 0) is 6.07 Å². The van der Waals surface area contributed by atoms with E-state index in [1.165, 1.54) is 0 Å². The lowest BCUT2D eigenvalue weighted by Gasteiger charge is -2.22. The number of carbonyl (C=O) groups excluding carboxylic acids is 1. The summed E-state index contributed by atoms with van der Waals surface area (Å²) in [6, 6.07) is 1.71. The fourth-order valence-electron chi connectivity index (χ4n) is 1.87. The zero-order valence-corrected chi connectivity index (χ0v) is 9.69. The van der Waals surface area contributed by atoms with E-state index in [0.717, 1.165) is 18.7 Å². The first-order chi connectivity index (χ1) is 8.25. The molecule has 17 heavy (non-hydrogen) atoms. The maximum atomic E-state index is 11.8. The topological polar surface area (TPSA) is 77.2 Å². The Morgan fingerprint density at radius 1 is 1.65 bits per heavy atom. The lowest BCUT2D eigenvalue weighted by Crippen LogP contribution is -2.39. The zero-order valence-electron chi connectivity index (χ0n) is 9.69. The van der Waals surface area contributed by atoms with E-state index >= 15 is 0 Å². The molecular weight excluding hydrogens is 218 g/mol. The van der Waals surface area contributed by atoms with Crippen molar-refractivity contribution in [2.75, 3.05) is 25.4 Å². The first-order valence-corrected chi connectivity index (χ1v) is 5.78. The first kappa shape index (κ1) is 12.0. The second-order valence-electron chi connectivity index (χ2n) is 4.19. The quantitative estimate of drug-likeness (QED) is 0.777. The van der Waals surface area contributed by atoms with Crippen LogP contribution >= 0.6 is 0 Å². The highest BCUT2D eigenvalue weighted by atomic mass is 16.5. The van der Waals surface area contributed by atoms with Crippen LogP contribution in [-0.2, 0) is 16.0 Å². The summed E-state index contributed by atoms with van der Waals surface area (Å²) in [6.07, 6.45) is 4.03. The molecule has 1 saturated heterocycles. The van der Waals surface area contributed by atoms with Gasteiger partial charge in [-0.3, -0.25) is 9.78 Å². The highest BCUT2D eigenvalue weighted by Gasteiger charge is 2.17. The van der Waals surface area contributed by atoms with Crippen LogP contribution in [0, 0.1) is 0 Å². The number of hydrogen-bond acceptors (Lipinski definition) is 5. The van der Waals surface area contributed by atoms with Gasteiger partial charge in [0.25, 0.3) is 0 Å². The van der Waals surface area contributed by atoms with Crippen molar-refractivity contribution >= 4 is 11.5 Å². The predicted molar refractivity (Wildman–Crippen MR) is 64.6 cm³/mol. The van der Waals surface area contributed by atoms with E-state index in [4.69, 9.17) is 10.5 Å². The molecule has 1 aliphatic rings. The molecule has 0 bridgehead atoms. The molecule has 0 radical (unpaired) electrons. The average molecular weight is 235 g/mol. The minimum atomic E-state index is -0.00542. The number of pyridine rings is 1. The van der Waals surface area contributed by atoms with Crippen molar-refractivity contribution in [3.63, 3.8) is 0 Å². The number of anilines is 1. The normalized spacial score (nSPS) is 20.1. The summed E-state index contributed by atoms with van der Waals surface area (Å²) in [5.74, 6) is 0.137. The molecule has 1 fully saturated rings. The van der Waals surface area contributed by atoms with E-state index in [1.54, 1.807) is 18.5 Å². The van der Waals surface area contributed by atoms with Gasteiger partial charge in [-0.1, -0.05) is 0 Å². The Morgan fingerprint density at radius 3 is 3.24 bits per heavy atom. The lowest BCUT2D eigenvalue weighted by molar-refractivity contribution is -0.121. The van der Waals surface area contributed by atoms with Crippen molar-refractivity contribution in [3.05, 3.63) is 24.0 Å². The number of ketones is 1. The van der Waals surface area contributed by atoms with Gasteiger partial charge >= 0.3 is 0 Å². The number of aromatic nitrogens is 1. The number of nitrogen functional groups attached to an aromatic ring is 1. The maximum Gasteiger partial charge on any atom is 0.140 e. The van der Waals surface area contributed by atoms with Gasteiger partial charge in [-0.2, -0.15) is 0 Å². The van der Waals surface area contributed by atoms with Crippen molar-refractivity contribution in [3.8, 4) is 0 Å². The number of Topliss-reactive ketones (excluding diaryl/α,β-unsaturated/α-hetero) is 1. The van der Waals surface area contributed by atoms with E-state index < -0.39 is 0 Å². The number of hydrogen-bond donors (Lipinski definition) is 2. The minimum absolute atomic E-state index is 0.00542. The summed E-state index contributed by atoms with van der Waals surface area (Å²) in [6.45, 7) is 2.28. The molecular formula is C12H17N3O2. The van der Waals surface area contributed by atoms with Crippen LogP contribution < -0.4 is 11.1 Å². The fraction of sp³-hybridized carbons (Fsp3) is 0.500. The lowest BCUT2D eigenvalue weighted by atomic mass is 10.0. The molecule has 1 unspecified atom stereocenters. The van der Waals surface area contributed by atoms with Crippen molar-refractivity contribution < 1.29 is 9.53 Å². The third kappa shape index (κ3) is 3.51. The van der Waals surface area contributed by atoms with Crippen LogP contribution in [0.15, 0.2) is 18.5 Å². The van der Waals surface area contributed by atoms with Gasteiger partial charge in [0.2, 0.25) is 0 Å². The Bertz CT molecular complexity index is 389. The summed E-state index contributed by atoms with van der Waals surface area (Å²) in [5, 5.41) is 3.20. The van der Waals surface area contributed by atoms with Crippen LogP contribution in [0.4, 0.5) is 5.69 Å². The van der Waals surface area contributed by atoms with Crippen molar-refractivity contribution in [2.24, 2.45) is 0 Å². The Hall–Kier alpha value is -1.46. The van der Waals surface area contributed by atoms with Crippen molar-refractivity contribution in [1.29, 1.82) is 0 Å². The number of carbonyl (C=O) groups is 1. The molecule has 0 aromatic carbocycles. The van der Waals surface area contributed by atoms with Gasteiger partial charge in [-0.25, -0.2) is 0 Å². The summed E-state index contributed by atoms with van der Waals surface area (Å²) in [7, 11) is 0. The molecule has 1 aromatic heterocycles. The molecule has 0 aliphatic carbocycles. The molecule has 1 aromatic rings. The van der Waals surface area contributed by atoms with E-state index in [9.17, 15) is 4.79 Å². The van der Waals surface area contributed by atoms with Crippen LogP contribution in [0.2, 0.25) is 0 Å². The molecule has 5 nitrogen and oxygen atoms in total. The third-order valence-electron chi connectivity index (χ3n) is 2.79. The standard InChI is InChI=1S/C12H17N3O2/c13-12-1-2-14-7-9(12)5-10(16)6-11-8-15-3-4-17-11/h1-2,7,11,15H,3-6,8H2,(H2,13,14). The predicted octanol–water partition coefficient (Wildman–Crippen LogP) is 0.154. The summed E-state index contributed by atoms with van der Waals surface area (Å²) in [4.78, 5) is 15.8. The van der Waals surface area contributed by atoms with Gasteiger partial charge in [0.1, 0.15) is 5.78 Å². The van der Waals surface area contributed by atoms with Gasteiger partial charge in [0, 0.05) is 49.6 Å². The second kappa shape index (κ2) is 5.75. The Kier molecular flexibility index (Phi) is 4.06. The van der Waals surface area contributed by atoms with Crippen molar-refractivity contribution in [1.82, 2.24) is 10.3 Å². The molecule has 3 N–H and O–H groups in total. The zero-order chi connectivity index (χ0) is 12.1. The number of rotatable bonds is 4. The summed E-state index contributed by atoms with van der Waals surface area (Å²) < 4.78 is 5.49. The number of ether oxygens (including phenoxy) is 1. The van der Waals surface area contributed by atoms with E-state index in [-0.39, 0.29) is 11.9 Å². The smallest absolute Gasteiger partial charge is 0.140 e. The minimum Gasteiger partial charge on any atom is -0.398 e. The van der Waals surface area contributed by atoms with Gasteiger partial charge < -0.3 is 15.8 Å². The number of nitrogens with zero attached hydrogens (tertiary/aromatic N) is 1. The SMILES string of the molecule is Nc1ccncc1CC(=O)CC1CNCCO1. The summed E-state index contributed by atoms with van der Waals surface area (Å²) in [5.41, 5.74) is 7.18. The monoisotopic (exact) mass is 235 g/mol. The highest BCUT2D eigenvalue weighted by molar-refractivity contribution is 5.82. The third-order valence-corrected chi connectivity index (χ3v) is 2.79. The Balaban J connectivity index is 1.86. The van der Waals surface area contributed by atoms with Crippen molar-refractivity contribution in [2.45, 2.75) is 18.9 Å². The first-order valence-electron chi connectivity index (χ1n) is 5.78.